The number of para-hydroxylation sites is 2. The zero-order valence-corrected chi connectivity index (χ0v) is 19.8. The van der Waals surface area contributed by atoms with Gasteiger partial charge in [-0.25, -0.2) is 0 Å². The minimum absolute atomic E-state index is 0.121. The number of amides is 1. The third-order valence-electron chi connectivity index (χ3n) is 7.90. The van der Waals surface area contributed by atoms with E-state index in [1.54, 1.807) is 0 Å². The molecule has 4 aromatic carbocycles. The van der Waals surface area contributed by atoms with Gasteiger partial charge in [-0.3, -0.25) is 4.79 Å². The number of allylic oxidation sites excluding steroid dienone is 2. The van der Waals surface area contributed by atoms with Gasteiger partial charge in [-0.15, -0.1) is 0 Å². The lowest BCUT2D eigenvalue weighted by Gasteiger charge is -2.15. The number of nitrogens with one attached hydrogen (secondary N) is 1. The number of hydrogen-bond donors (Lipinski definition) is 1. The van der Waals surface area contributed by atoms with E-state index in [0.29, 0.717) is 13.1 Å². The second kappa shape index (κ2) is 7.34. The minimum Gasteiger partial charge on any atom is -0.353 e. The minimum atomic E-state index is 0.121. The van der Waals surface area contributed by atoms with Crippen molar-refractivity contribution in [2.45, 2.75) is 25.9 Å². The molecule has 0 saturated carbocycles. The molecular weight excluding hydrogens is 442 g/mol. The Hall–Kier alpha value is -4.31. The molecule has 1 radical (unpaired) electrons. The molecule has 0 atom stereocenters. The van der Waals surface area contributed by atoms with Gasteiger partial charge in [0.05, 0.1) is 28.2 Å². The summed E-state index contributed by atoms with van der Waals surface area (Å²) in [7, 11) is 0. The van der Waals surface area contributed by atoms with Crippen LogP contribution >= 0.6 is 0 Å². The van der Waals surface area contributed by atoms with Crippen LogP contribution in [-0.4, -0.2) is 20.4 Å². The molecular formula is C32H24N3O. The Labute approximate surface area is 208 Å². The third kappa shape index (κ3) is 2.61. The summed E-state index contributed by atoms with van der Waals surface area (Å²) in [5, 5.41) is 4.59. The van der Waals surface area contributed by atoms with Gasteiger partial charge in [0.25, 0.3) is 5.91 Å². The quantitative estimate of drug-likeness (QED) is 0.292. The zero-order chi connectivity index (χ0) is 23.8. The average Bonchev–Trinajstić information content (AvgIpc) is 3.68. The van der Waals surface area contributed by atoms with Crippen LogP contribution < -0.4 is 0 Å². The molecule has 1 aliphatic carbocycles. The van der Waals surface area contributed by atoms with E-state index < -0.39 is 0 Å². The smallest absolute Gasteiger partial charge is 0.255 e. The molecule has 0 saturated heterocycles. The van der Waals surface area contributed by atoms with Crippen molar-refractivity contribution in [3.63, 3.8) is 0 Å². The van der Waals surface area contributed by atoms with E-state index in [1.165, 1.54) is 27.8 Å². The van der Waals surface area contributed by atoms with Crippen LogP contribution in [0.3, 0.4) is 0 Å². The van der Waals surface area contributed by atoms with Crippen LogP contribution in [0.4, 0.5) is 0 Å². The molecule has 1 aliphatic heterocycles. The molecule has 2 aliphatic rings. The van der Waals surface area contributed by atoms with Crippen molar-refractivity contribution in [3.05, 3.63) is 114 Å². The first-order valence-corrected chi connectivity index (χ1v) is 12.6. The monoisotopic (exact) mass is 466 g/mol. The lowest BCUT2D eigenvalue weighted by Crippen LogP contribution is -2.23. The highest BCUT2D eigenvalue weighted by Crippen LogP contribution is 2.46. The fourth-order valence-electron chi connectivity index (χ4n) is 6.40. The fourth-order valence-corrected chi connectivity index (χ4v) is 6.40. The number of hydrogen-bond acceptors (Lipinski definition) is 1. The number of fused-ring (bicyclic) bond motifs is 10. The standard InChI is InChI=1S/C32H24N3O/c36-32-29-24(19-34(32)18-20-10-2-1-3-11-20)27-23-15-7-9-17-26(23)35(21-12-4-5-13-21)31(27)30-28(29)22-14-6-8-16-25(22)33-30/h1-4,6-12,14-17,33H,5,13,18-19H2. The maximum Gasteiger partial charge on any atom is 0.255 e. The summed E-state index contributed by atoms with van der Waals surface area (Å²) < 4.78 is 2.44. The number of rotatable bonds is 3. The summed E-state index contributed by atoms with van der Waals surface area (Å²) in [5.74, 6) is 0.121. The number of benzene rings is 4. The predicted molar refractivity (Wildman–Crippen MR) is 146 cm³/mol. The third-order valence-corrected chi connectivity index (χ3v) is 7.90. The average molecular weight is 467 g/mol. The van der Waals surface area contributed by atoms with Crippen LogP contribution in [0.15, 0.2) is 91.0 Å². The van der Waals surface area contributed by atoms with Gasteiger partial charge in [-0.1, -0.05) is 78.9 Å². The second-order valence-corrected chi connectivity index (χ2v) is 9.93. The Kier molecular flexibility index (Phi) is 4.07. The molecule has 3 heterocycles. The molecule has 6 aromatic rings. The summed E-state index contributed by atoms with van der Waals surface area (Å²) in [4.78, 5) is 19.8. The number of carbonyl (C=O) groups excluding carboxylic acids is 1. The Bertz CT molecular complexity index is 1870. The first-order valence-electron chi connectivity index (χ1n) is 12.6. The van der Waals surface area contributed by atoms with Crippen LogP contribution in [0.1, 0.15) is 34.3 Å². The molecule has 4 heteroatoms. The van der Waals surface area contributed by atoms with Crippen molar-refractivity contribution < 1.29 is 4.79 Å². The molecule has 1 N–H and O–H groups in total. The Balaban J connectivity index is 1.51. The van der Waals surface area contributed by atoms with Crippen molar-refractivity contribution in [1.29, 1.82) is 0 Å². The number of H-pyrrole nitrogens is 1. The van der Waals surface area contributed by atoms with Gasteiger partial charge < -0.3 is 14.5 Å². The molecule has 0 fully saturated rings. The topological polar surface area (TPSA) is 41.0 Å². The van der Waals surface area contributed by atoms with Crippen molar-refractivity contribution in [3.8, 4) is 0 Å². The van der Waals surface area contributed by atoms with Gasteiger partial charge in [-0.05, 0) is 36.1 Å². The highest BCUT2D eigenvalue weighted by molar-refractivity contribution is 6.30. The molecule has 36 heavy (non-hydrogen) atoms. The van der Waals surface area contributed by atoms with Crippen LogP contribution in [0.25, 0.3) is 43.6 Å². The second-order valence-electron chi connectivity index (χ2n) is 9.93. The van der Waals surface area contributed by atoms with Gasteiger partial charge in [-0.2, -0.15) is 0 Å². The molecule has 1 amide bonds. The lowest BCUT2D eigenvalue weighted by atomic mass is 9.97. The van der Waals surface area contributed by atoms with E-state index in [1.807, 2.05) is 23.1 Å². The largest absolute Gasteiger partial charge is 0.353 e. The summed E-state index contributed by atoms with van der Waals surface area (Å²) in [6.45, 7) is 1.23. The SMILES string of the molecule is O=C1c2c(c3c4ccccc4n([C]4C=CCC4)c3c3[nH]c4ccccc4c23)CN1Cc1ccccc1. The lowest BCUT2D eigenvalue weighted by molar-refractivity contribution is 0.0768. The highest BCUT2D eigenvalue weighted by atomic mass is 16.2. The maximum absolute atomic E-state index is 14.1. The van der Waals surface area contributed by atoms with Crippen molar-refractivity contribution in [2.24, 2.45) is 0 Å². The first kappa shape index (κ1) is 19.9. The van der Waals surface area contributed by atoms with E-state index in [0.717, 1.165) is 51.3 Å². The van der Waals surface area contributed by atoms with Crippen LogP contribution in [0.5, 0.6) is 0 Å². The summed E-state index contributed by atoms with van der Waals surface area (Å²) >= 11 is 0. The molecule has 0 spiro atoms. The van der Waals surface area contributed by atoms with Gasteiger partial charge in [0.2, 0.25) is 0 Å². The molecule has 173 valence electrons. The summed E-state index contributed by atoms with van der Waals surface area (Å²) in [5.41, 5.74) is 7.69. The van der Waals surface area contributed by atoms with Crippen LogP contribution in [0, 0.1) is 6.04 Å². The summed E-state index contributed by atoms with van der Waals surface area (Å²) in [6.07, 6.45) is 6.61. The van der Waals surface area contributed by atoms with Crippen molar-refractivity contribution >= 4 is 49.5 Å². The van der Waals surface area contributed by atoms with Gasteiger partial charge in [0, 0.05) is 40.2 Å². The van der Waals surface area contributed by atoms with Crippen molar-refractivity contribution in [1.82, 2.24) is 14.5 Å². The van der Waals surface area contributed by atoms with Crippen LogP contribution in [-0.2, 0) is 13.1 Å². The van der Waals surface area contributed by atoms with E-state index in [9.17, 15) is 4.79 Å². The zero-order valence-electron chi connectivity index (χ0n) is 19.8. The summed E-state index contributed by atoms with van der Waals surface area (Å²) in [6, 6.07) is 28.7. The predicted octanol–water partition coefficient (Wildman–Crippen LogP) is 7.32. The molecule has 2 aromatic heterocycles. The van der Waals surface area contributed by atoms with E-state index >= 15 is 0 Å². The van der Waals surface area contributed by atoms with E-state index in [2.05, 4.69) is 82.4 Å². The molecule has 0 unspecified atom stereocenters. The Morgan fingerprint density at radius 3 is 2.44 bits per heavy atom. The van der Waals surface area contributed by atoms with Crippen molar-refractivity contribution in [2.75, 3.05) is 0 Å². The highest BCUT2D eigenvalue weighted by Gasteiger charge is 2.36. The number of nitrogens with zero attached hydrogens (tertiary/aromatic N) is 2. The van der Waals surface area contributed by atoms with E-state index in [-0.39, 0.29) is 5.91 Å². The number of aromatic nitrogens is 2. The van der Waals surface area contributed by atoms with Gasteiger partial charge in [0.15, 0.2) is 0 Å². The Morgan fingerprint density at radius 1 is 0.833 bits per heavy atom. The van der Waals surface area contributed by atoms with Crippen LogP contribution in [0.2, 0.25) is 0 Å². The molecule has 8 rings (SSSR count). The van der Waals surface area contributed by atoms with Gasteiger partial charge in [0.1, 0.15) is 0 Å². The Morgan fingerprint density at radius 2 is 1.61 bits per heavy atom. The normalized spacial score (nSPS) is 15.9. The first-order chi connectivity index (χ1) is 17.8. The van der Waals surface area contributed by atoms with E-state index in [4.69, 9.17) is 0 Å². The molecule has 4 nitrogen and oxygen atoms in total. The van der Waals surface area contributed by atoms with Gasteiger partial charge >= 0.3 is 0 Å². The molecule has 0 bridgehead atoms. The maximum atomic E-state index is 14.1. The fraction of sp³-hybridized carbons (Fsp3) is 0.125. The number of carbonyl (C=O) groups is 1. The number of aromatic amines is 1.